The van der Waals surface area contributed by atoms with E-state index in [0.29, 0.717) is 0 Å². The molecule has 0 aromatic rings. The van der Waals surface area contributed by atoms with Crippen LogP contribution >= 0.6 is 0 Å². The normalized spacial score (nSPS) is 32.2. The van der Waals surface area contributed by atoms with Gasteiger partial charge in [0.2, 0.25) is 0 Å². The Hall–Kier alpha value is 0.610. The van der Waals surface area contributed by atoms with Crippen LogP contribution in [0.2, 0.25) is 0 Å². The van der Waals surface area contributed by atoms with E-state index in [0.717, 1.165) is 26.2 Å². The third kappa shape index (κ3) is 3.55. The number of hydrogen-bond acceptors (Lipinski definition) is 2. The van der Waals surface area contributed by atoms with Gasteiger partial charge in [-0.2, -0.15) is 0 Å². The number of ether oxygens (including phenoxy) is 1. The lowest BCUT2D eigenvalue weighted by Crippen LogP contribution is -3.14. The minimum Gasteiger partial charge on any atom is -1.00 e. The molecule has 0 radical (unpaired) electrons. The molecule has 1 aliphatic rings. The Kier molecular flexibility index (Phi) is 6.43. The highest BCUT2D eigenvalue weighted by Gasteiger charge is 2.25. The first-order chi connectivity index (χ1) is 5.24. The summed E-state index contributed by atoms with van der Waals surface area (Å²) in [5.74, 6) is 0. The van der Waals surface area contributed by atoms with Crippen molar-refractivity contribution in [2.24, 2.45) is 0 Å². The van der Waals surface area contributed by atoms with Crippen molar-refractivity contribution in [1.29, 1.82) is 0 Å². The van der Waals surface area contributed by atoms with Crippen molar-refractivity contribution in [3.05, 3.63) is 0 Å². The standard InChI is InChI=1S/C8H17NO2.HI/c1-3-9-4-5-11-8(6-9)7(2)10;/h7-8,10H,3-6H2,1-2H3;1H. The molecule has 2 N–H and O–H groups in total. The minimum absolute atomic E-state index is 0. The largest absolute Gasteiger partial charge is 1.00 e. The van der Waals surface area contributed by atoms with Crippen LogP contribution in [0, 0.1) is 0 Å². The van der Waals surface area contributed by atoms with Gasteiger partial charge in [-0.05, 0) is 13.8 Å². The summed E-state index contributed by atoms with van der Waals surface area (Å²) >= 11 is 0. The van der Waals surface area contributed by atoms with E-state index >= 15 is 0 Å². The van der Waals surface area contributed by atoms with Crippen molar-refractivity contribution in [3.63, 3.8) is 0 Å². The molecule has 0 aliphatic carbocycles. The van der Waals surface area contributed by atoms with Gasteiger partial charge in [0.05, 0.1) is 19.3 Å². The lowest BCUT2D eigenvalue weighted by atomic mass is 10.2. The maximum atomic E-state index is 9.25. The zero-order valence-corrected chi connectivity index (χ0v) is 9.87. The first-order valence-corrected chi connectivity index (χ1v) is 4.37. The number of hydrogen-bond donors (Lipinski definition) is 2. The van der Waals surface area contributed by atoms with Crippen LogP contribution in [0.25, 0.3) is 0 Å². The van der Waals surface area contributed by atoms with Crippen LogP contribution < -0.4 is 28.9 Å². The van der Waals surface area contributed by atoms with Gasteiger partial charge >= 0.3 is 0 Å². The van der Waals surface area contributed by atoms with Crippen molar-refractivity contribution in [2.45, 2.75) is 26.1 Å². The van der Waals surface area contributed by atoms with Crippen LogP contribution in [0.5, 0.6) is 0 Å². The van der Waals surface area contributed by atoms with E-state index in [4.69, 9.17) is 4.74 Å². The summed E-state index contributed by atoms with van der Waals surface area (Å²) in [6.07, 6.45) is -0.268. The van der Waals surface area contributed by atoms with Crippen molar-refractivity contribution in [3.8, 4) is 0 Å². The molecule has 0 amide bonds. The molecule has 1 fully saturated rings. The molecule has 4 heteroatoms. The van der Waals surface area contributed by atoms with Crippen LogP contribution in [-0.4, -0.2) is 43.6 Å². The quantitative estimate of drug-likeness (QED) is 0.504. The summed E-state index contributed by atoms with van der Waals surface area (Å²) in [6.45, 7) is 7.92. The van der Waals surface area contributed by atoms with Crippen LogP contribution in [-0.2, 0) is 4.74 Å². The first kappa shape index (κ1) is 12.6. The fraction of sp³-hybridized carbons (Fsp3) is 1.00. The van der Waals surface area contributed by atoms with E-state index in [9.17, 15) is 5.11 Å². The second-order valence-electron chi connectivity index (χ2n) is 3.21. The number of aliphatic hydroxyl groups excluding tert-OH is 1. The molecule has 1 rings (SSSR count). The van der Waals surface area contributed by atoms with Crippen LogP contribution in [0.15, 0.2) is 0 Å². The first-order valence-electron chi connectivity index (χ1n) is 4.37. The van der Waals surface area contributed by atoms with Crippen LogP contribution in [0.4, 0.5) is 0 Å². The lowest BCUT2D eigenvalue weighted by Gasteiger charge is -2.30. The van der Waals surface area contributed by atoms with Crippen molar-refractivity contribution in [1.82, 2.24) is 0 Å². The second kappa shape index (κ2) is 6.12. The molecule has 3 unspecified atom stereocenters. The van der Waals surface area contributed by atoms with E-state index in [1.54, 1.807) is 6.92 Å². The number of aliphatic hydroxyl groups is 1. The molecule has 0 bridgehead atoms. The Morgan fingerprint density at radius 2 is 2.33 bits per heavy atom. The van der Waals surface area contributed by atoms with Gasteiger partial charge in [0.1, 0.15) is 19.2 Å². The van der Waals surface area contributed by atoms with E-state index in [1.807, 2.05) is 0 Å². The molecule has 0 aromatic carbocycles. The minimum atomic E-state index is -0.322. The highest BCUT2D eigenvalue weighted by Crippen LogP contribution is 1.98. The number of rotatable bonds is 2. The Morgan fingerprint density at radius 3 is 2.83 bits per heavy atom. The van der Waals surface area contributed by atoms with Gasteiger partial charge in [0, 0.05) is 0 Å². The molecule has 0 saturated carbocycles. The number of morpholine rings is 1. The molecule has 1 heterocycles. The summed E-state index contributed by atoms with van der Waals surface area (Å²) in [5, 5.41) is 9.25. The van der Waals surface area contributed by atoms with Crippen molar-refractivity contribution in [2.75, 3.05) is 26.2 Å². The maximum Gasteiger partial charge on any atom is 0.132 e. The molecular formula is C8H18INO2. The number of halogens is 1. The summed E-state index contributed by atoms with van der Waals surface area (Å²) < 4.78 is 5.40. The SMILES string of the molecule is CC[NH+]1CCOC(C(C)O)C1.[I-]. The topological polar surface area (TPSA) is 33.9 Å². The fourth-order valence-corrected chi connectivity index (χ4v) is 1.43. The monoisotopic (exact) mass is 287 g/mol. The molecule has 1 aliphatic heterocycles. The average Bonchev–Trinajstić information content (AvgIpc) is 2.05. The zero-order valence-electron chi connectivity index (χ0n) is 7.72. The molecule has 12 heavy (non-hydrogen) atoms. The lowest BCUT2D eigenvalue weighted by molar-refractivity contribution is -0.910. The van der Waals surface area contributed by atoms with Gasteiger partial charge in [-0.1, -0.05) is 0 Å². The maximum absolute atomic E-state index is 9.25. The third-order valence-electron chi connectivity index (χ3n) is 2.32. The molecule has 0 aromatic heterocycles. The molecular weight excluding hydrogens is 269 g/mol. The smallest absolute Gasteiger partial charge is 0.132 e. The Morgan fingerprint density at radius 1 is 1.67 bits per heavy atom. The Bertz CT molecular complexity index is 122. The van der Waals surface area contributed by atoms with Gasteiger partial charge in [-0.25, -0.2) is 0 Å². The molecule has 3 atom stereocenters. The predicted molar refractivity (Wildman–Crippen MR) is 42.7 cm³/mol. The summed E-state index contributed by atoms with van der Waals surface area (Å²) in [6, 6.07) is 0. The highest BCUT2D eigenvalue weighted by atomic mass is 127. The summed E-state index contributed by atoms with van der Waals surface area (Å²) in [7, 11) is 0. The second-order valence-corrected chi connectivity index (χ2v) is 3.21. The zero-order chi connectivity index (χ0) is 8.27. The molecule has 3 nitrogen and oxygen atoms in total. The van der Waals surface area contributed by atoms with Gasteiger partial charge in [-0.3, -0.25) is 0 Å². The fourth-order valence-electron chi connectivity index (χ4n) is 1.43. The van der Waals surface area contributed by atoms with Gasteiger partial charge in [0.15, 0.2) is 0 Å². The Balaban J connectivity index is 0.00000121. The highest BCUT2D eigenvalue weighted by molar-refractivity contribution is 4.64. The van der Waals surface area contributed by atoms with Crippen molar-refractivity contribution < 1.29 is 38.7 Å². The molecule has 74 valence electrons. The van der Waals surface area contributed by atoms with Crippen molar-refractivity contribution >= 4 is 0 Å². The van der Waals surface area contributed by atoms with E-state index < -0.39 is 0 Å². The van der Waals surface area contributed by atoms with Gasteiger partial charge < -0.3 is 38.7 Å². The molecule has 1 saturated heterocycles. The van der Waals surface area contributed by atoms with E-state index in [-0.39, 0.29) is 36.2 Å². The number of quaternary nitrogens is 1. The number of nitrogens with one attached hydrogen (secondary N) is 1. The van der Waals surface area contributed by atoms with Gasteiger partial charge in [-0.15, -0.1) is 0 Å². The summed E-state index contributed by atoms with van der Waals surface area (Å²) in [4.78, 5) is 1.53. The predicted octanol–water partition coefficient (Wildman–Crippen LogP) is -4.33. The number of likely N-dealkylation sites (N-methyl/N-ethyl adjacent to an activating group) is 1. The summed E-state index contributed by atoms with van der Waals surface area (Å²) in [5.41, 5.74) is 0. The van der Waals surface area contributed by atoms with Crippen LogP contribution in [0.1, 0.15) is 13.8 Å². The molecule has 0 spiro atoms. The van der Waals surface area contributed by atoms with E-state index in [2.05, 4.69) is 6.92 Å². The van der Waals surface area contributed by atoms with Crippen LogP contribution in [0.3, 0.4) is 0 Å². The average molecular weight is 287 g/mol. The third-order valence-corrected chi connectivity index (χ3v) is 2.32. The van der Waals surface area contributed by atoms with E-state index in [1.165, 1.54) is 4.90 Å². The van der Waals surface area contributed by atoms with Gasteiger partial charge in [0.25, 0.3) is 0 Å². The Labute approximate surface area is 91.1 Å².